The third-order valence-electron chi connectivity index (χ3n) is 4.86. The lowest BCUT2D eigenvalue weighted by atomic mass is 9.63. The molecule has 5 rings (SSSR count). The molecule has 0 spiro atoms. The van der Waals surface area contributed by atoms with Gasteiger partial charge in [0.15, 0.2) is 0 Å². The van der Waals surface area contributed by atoms with Gasteiger partial charge in [-0.05, 0) is 30.2 Å². The molecule has 1 aromatic carbocycles. The number of carbonyl (C=O) groups excluding carboxylic acids is 2. The molecular weight excluding hydrogens is 264 g/mol. The van der Waals surface area contributed by atoms with Crippen molar-refractivity contribution in [2.24, 2.45) is 28.8 Å². The van der Waals surface area contributed by atoms with Crippen LogP contribution in [0.2, 0.25) is 0 Å². The number of hydrogen-bond acceptors (Lipinski definition) is 3. The van der Waals surface area contributed by atoms with Crippen LogP contribution < -0.4 is 0 Å². The van der Waals surface area contributed by atoms with Crippen LogP contribution in [-0.2, 0) is 9.59 Å². The third-order valence-corrected chi connectivity index (χ3v) is 4.86. The molecule has 0 radical (unpaired) electrons. The Morgan fingerprint density at radius 3 is 2.05 bits per heavy atom. The van der Waals surface area contributed by atoms with Gasteiger partial charge in [-0.15, -0.1) is 0 Å². The SMILES string of the molecule is O=C1C2C3C=CC(CC3)C2C(=O)N1N=Cc1ccccc1. The largest absolute Gasteiger partial charge is 0.272 e. The zero-order chi connectivity index (χ0) is 14.4. The van der Waals surface area contributed by atoms with Gasteiger partial charge in [0.25, 0.3) is 11.8 Å². The fourth-order valence-corrected chi connectivity index (χ4v) is 3.84. The van der Waals surface area contributed by atoms with Gasteiger partial charge in [-0.2, -0.15) is 10.1 Å². The summed E-state index contributed by atoms with van der Waals surface area (Å²) in [5.74, 6) is -0.197. The number of rotatable bonds is 2. The van der Waals surface area contributed by atoms with E-state index < -0.39 is 0 Å². The van der Waals surface area contributed by atoms with Crippen LogP contribution in [0.3, 0.4) is 0 Å². The number of nitrogens with zero attached hydrogens (tertiary/aromatic N) is 2. The summed E-state index contributed by atoms with van der Waals surface area (Å²) in [4.78, 5) is 25.0. The quantitative estimate of drug-likeness (QED) is 0.474. The number of allylic oxidation sites excluding steroid dienone is 2. The molecule has 4 nitrogen and oxygen atoms in total. The second kappa shape index (κ2) is 4.65. The van der Waals surface area contributed by atoms with Gasteiger partial charge in [-0.25, -0.2) is 0 Å². The molecule has 4 unspecified atom stereocenters. The Balaban J connectivity index is 1.62. The average molecular weight is 280 g/mol. The maximum absolute atomic E-state index is 12.5. The highest BCUT2D eigenvalue weighted by molar-refractivity contribution is 6.06. The van der Waals surface area contributed by atoms with Gasteiger partial charge in [0.05, 0.1) is 18.1 Å². The van der Waals surface area contributed by atoms with Crippen LogP contribution in [-0.4, -0.2) is 23.0 Å². The van der Waals surface area contributed by atoms with Crippen LogP contribution in [0.5, 0.6) is 0 Å². The van der Waals surface area contributed by atoms with Crippen molar-refractivity contribution in [3.8, 4) is 0 Å². The first-order valence-corrected chi connectivity index (χ1v) is 7.41. The standard InChI is InChI=1S/C17H16N2O2/c20-16-14-12-6-7-13(9-8-12)15(14)17(21)19(16)18-10-11-4-2-1-3-5-11/h1-7,10,12-15H,8-9H2. The molecule has 4 atom stereocenters. The highest BCUT2D eigenvalue weighted by atomic mass is 16.2. The fraction of sp³-hybridized carbons (Fsp3) is 0.353. The Morgan fingerprint density at radius 1 is 0.952 bits per heavy atom. The molecule has 1 saturated carbocycles. The number of carbonyl (C=O) groups is 2. The van der Waals surface area contributed by atoms with E-state index in [9.17, 15) is 9.59 Å². The summed E-state index contributed by atoms with van der Waals surface area (Å²) in [6.45, 7) is 0. The number of amides is 2. The molecule has 0 aromatic heterocycles. The topological polar surface area (TPSA) is 49.7 Å². The summed E-state index contributed by atoms with van der Waals surface area (Å²) >= 11 is 0. The predicted molar refractivity (Wildman–Crippen MR) is 78.2 cm³/mol. The molecule has 2 amide bonds. The van der Waals surface area contributed by atoms with E-state index in [-0.39, 0.29) is 35.5 Å². The number of hydrogen-bond donors (Lipinski definition) is 0. The lowest BCUT2D eigenvalue weighted by molar-refractivity contribution is -0.140. The summed E-state index contributed by atoms with van der Waals surface area (Å²) in [7, 11) is 0. The van der Waals surface area contributed by atoms with Gasteiger partial charge in [0.2, 0.25) is 0 Å². The molecule has 1 aromatic rings. The Labute approximate surface area is 123 Å². The summed E-state index contributed by atoms with van der Waals surface area (Å²) in [5.41, 5.74) is 0.883. The Kier molecular flexibility index (Phi) is 2.77. The Hall–Kier alpha value is -2.23. The monoisotopic (exact) mass is 280 g/mol. The molecule has 2 fully saturated rings. The first-order chi connectivity index (χ1) is 10.3. The summed E-state index contributed by atoms with van der Waals surface area (Å²) in [6.07, 6.45) is 7.84. The van der Waals surface area contributed by atoms with E-state index in [1.165, 1.54) is 0 Å². The highest BCUT2D eigenvalue weighted by Crippen LogP contribution is 2.49. The number of benzene rings is 1. The minimum Gasteiger partial charge on any atom is -0.272 e. The van der Waals surface area contributed by atoms with Gasteiger partial charge in [-0.1, -0.05) is 42.5 Å². The highest BCUT2D eigenvalue weighted by Gasteiger charge is 2.56. The second-order valence-electron chi connectivity index (χ2n) is 5.99. The van der Waals surface area contributed by atoms with Gasteiger partial charge in [-0.3, -0.25) is 9.59 Å². The van der Waals surface area contributed by atoms with Crippen LogP contribution in [0.25, 0.3) is 0 Å². The third kappa shape index (κ3) is 1.86. The number of imide groups is 1. The molecule has 4 aliphatic rings. The average Bonchev–Trinajstić information content (AvgIpc) is 2.81. The number of fused-ring (bicyclic) bond motifs is 1. The van der Waals surface area contributed by atoms with Crippen LogP contribution in [0.4, 0.5) is 0 Å². The fourth-order valence-electron chi connectivity index (χ4n) is 3.84. The van der Waals surface area contributed by atoms with Crippen molar-refractivity contribution in [1.29, 1.82) is 0 Å². The van der Waals surface area contributed by atoms with Crippen molar-refractivity contribution in [3.05, 3.63) is 48.0 Å². The number of hydrazone groups is 1. The molecule has 0 N–H and O–H groups in total. The first-order valence-electron chi connectivity index (χ1n) is 7.41. The van der Waals surface area contributed by atoms with E-state index in [0.717, 1.165) is 23.4 Å². The molecule has 21 heavy (non-hydrogen) atoms. The van der Waals surface area contributed by atoms with E-state index in [4.69, 9.17) is 0 Å². The molecule has 4 heteroatoms. The summed E-state index contributed by atoms with van der Waals surface area (Å²) in [6, 6.07) is 9.51. The van der Waals surface area contributed by atoms with E-state index in [1.807, 2.05) is 30.3 Å². The smallest absolute Gasteiger partial charge is 0.254 e. The van der Waals surface area contributed by atoms with Crippen LogP contribution >= 0.6 is 0 Å². The van der Waals surface area contributed by atoms with Crippen LogP contribution in [0, 0.1) is 23.7 Å². The molecular formula is C17H16N2O2. The van der Waals surface area contributed by atoms with E-state index in [0.29, 0.717) is 0 Å². The van der Waals surface area contributed by atoms with Crippen molar-refractivity contribution in [2.75, 3.05) is 0 Å². The van der Waals surface area contributed by atoms with E-state index in [1.54, 1.807) is 6.21 Å². The van der Waals surface area contributed by atoms with E-state index in [2.05, 4.69) is 17.3 Å². The van der Waals surface area contributed by atoms with Crippen LogP contribution in [0.1, 0.15) is 18.4 Å². The molecule has 1 heterocycles. The lowest BCUT2D eigenvalue weighted by Crippen LogP contribution is -2.38. The Morgan fingerprint density at radius 2 is 1.52 bits per heavy atom. The zero-order valence-corrected chi connectivity index (χ0v) is 11.6. The van der Waals surface area contributed by atoms with Crippen molar-refractivity contribution in [3.63, 3.8) is 0 Å². The first kappa shape index (κ1) is 12.5. The van der Waals surface area contributed by atoms with Crippen molar-refractivity contribution < 1.29 is 9.59 Å². The van der Waals surface area contributed by atoms with Gasteiger partial charge in [0.1, 0.15) is 0 Å². The van der Waals surface area contributed by atoms with Crippen LogP contribution in [0.15, 0.2) is 47.6 Å². The summed E-state index contributed by atoms with van der Waals surface area (Å²) in [5, 5.41) is 5.26. The van der Waals surface area contributed by atoms with Gasteiger partial charge in [0, 0.05) is 0 Å². The summed E-state index contributed by atoms with van der Waals surface area (Å²) < 4.78 is 0. The lowest BCUT2D eigenvalue weighted by Gasteiger charge is -2.37. The second-order valence-corrected chi connectivity index (χ2v) is 5.99. The van der Waals surface area contributed by atoms with Crippen molar-refractivity contribution >= 4 is 18.0 Å². The van der Waals surface area contributed by atoms with Crippen molar-refractivity contribution in [2.45, 2.75) is 12.8 Å². The normalized spacial score (nSPS) is 34.0. The van der Waals surface area contributed by atoms with Gasteiger partial charge >= 0.3 is 0 Å². The minimum atomic E-state index is -0.186. The molecule has 3 aliphatic carbocycles. The minimum absolute atomic E-state index is 0.128. The molecule has 106 valence electrons. The maximum Gasteiger partial charge on any atom is 0.254 e. The Bertz CT molecular complexity index is 618. The van der Waals surface area contributed by atoms with Gasteiger partial charge < -0.3 is 0 Å². The van der Waals surface area contributed by atoms with Crippen molar-refractivity contribution in [1.82, 2.24) is 5.01 Å². The predicted octanol–water partition coefficient (Wildman–Crippen LogP) is 2.22. The molecule has 1 saturated heterocycles. The van der Waals surface area contributed by atoms with E-state index >= 15 is 0 Å². The molecule has 2 bridgehead atoms. The molecule has 1 aliphatic heterocycles. The zero-order valence-electron chi connectivity index (χ0n) is 11.6. The maximum atomic E-state index is 12.5.